The van der Waals surface area contributed by atoms with E-state index in [-0.39, 0.29) is 5.91 Å². The van der Waals surface area contributed by atoms with Gasteiger partial charge in [0.05, 0.1) is 12.7 Å². The van der Waals surface area contributed by atoms with Gasteiger partial charge in [-0.15, -0.1) is 0 Å². The van der Waals surface area contributed by atoms with Crippen LogP contribution in [0.15, 0.2) is 0 Å². The van der Waals surface area contributed by atoms with Gasteiger partial charge in [-0.05, 0) is 64.5 Å². The third-order valence-corrected chi connectivity index (χ3v) is 6.04. The third-order valence-electron chi connectivity index (χ3n) is 6.04. The predicted molar refractivity (Wildman–Crippen MR) is 87.7 cm³/mol. The van der Waals surface area contributed by atoms with E-state index in [0.717, 1.165) is 19.7 Å². The van der Waals surface area contributed by atoms with E-state index in [4.69, 9.17) is 4.74 Å². The summed E-state index contributed by atoms with van der Waals surface area (Å²) in [5.41, 5.74) is 0.878. The van der Waals surface area contributed by atoms with E-state index in [9.17, 15) is 4.79 Å². The molecule has 1 aliphatic carbocycles. The Morgan fingerprint density at radius 2 is 1.73 bits per heavy atom. The van der Waals surface area contributed by atoms with Crippen molar-refractivity contribution >= 4 is 5.91 Å². The van der Waals surface area contributed by atoms with E-state index in [1.54, 1.807) is 6.92 Å². The highest BCUT2D eigenvalue weighted by Gasteiger charge is 2.47. The Kier molecular flexibility index (Phi) is 4.52. The quantitative estimate of drug-likeness (QED) is 0.782. The Balaban J connectivity index is 1.45. The molecule has 22 heavy (non-hydrogen) atoms. The molecule has 2 aliphatic heterocycles. The van der Waals surface area contributed by atoms with Crippen molar-refractivity contribution in [3.63, 3.8) is 0 Å². The summed E-state index contributed by atoms with van der Waals surface area (Å²) in [5, 5.41) is 0. The van der Waals surface area contributed by atoms with Gasteiger partial charge >= 0.3 is 0 Å². The fourth-order valence-corrected chi connectivity index (χ4v) is 4.14. The second-order valence-corrected chi connectivity index (χ2v) is 8.33. The number of likely N-dealkylation sites (tertiary alicyclic amines) is 2. The maximum Gasteiger partial charge on any atom is 0.219 e. The van der Waals surface area contributed by atoms with Crippen LogP contribution in [0.4, 0.5) is 0 Å². The lowest BCUT2D eigenvalue weighted by molar-refractivity contribution is -0.128. The first-order chi connectivity index (χ1) is 10.4. The molecule has 1 spiro atoms. The number of hydrogen-bond donors (Lipinski definition) is 0. The molecule has 0 N–H and O–H groups in total. The average Bonchev–Trinajstić information content (AvgIpc) is 3.12. The predicted octanol–water partition coefficient (Wildman–Crippen LogP) is 2.53. The summed E-state index contributed by atoms with van der Waals surface area (Å²) >= 11 is 0. The Bertz CT molecular complexity index is 409. The summed E-state index contributed by atoms with van der Waals surface area (Å²) in [5.74, 6) is 0.252. The highest BCUT2D eigenvalue weighted by Crippen LogP contribution is 2.48. The second-order valence-electron chi connectivity index (χ2n) is 8.33. The molecule has 3 aliphatic rings. The highest BCUT2D eigenvalue weighted by molar-refractivity contribution is 5.73. The fraction of sp³-hybridized carbons (Fsp3) is 0.944. The number of rotatable bonds is 5. The highest BCUT2D eigenvalue weighted by atomic mass is 16.5. The molecular weight excluding hydrogens is 276 g/mol. The minimum absolute atomic E-state index is 0.252. The van der Waals surface area contributed by atoms with Crippen LogP contribution >= 0.6 is 0 Å². The maximum absolute atomic E-state index is 11.6. The molecule has 0 aromatic heterocycles. The number of carbonyl (C=O) groups is 1. The lowest BCUT2D eigenvalue weighted by Crippen LogP contribution is -2.44. The molecule has 0 unspecified atom stereocenters. The smallest absolute Gasteiger partial charge is 0.219 e. The summed E-state index contributed by atoms with van der Waals surface area (Å²) in [6.07, 6.45) is 6.75. The summed E-state index contributed by atoms with van der Waals surface area (Å²) in [4.78, 5) is 16.3. The van der Waals surface area contributed by atoms with Gasteiger partial charge in [0.15, 0.2) is 0 Å². The third kappa shape index (κ3) is 3.65. The zero-order valence-corrected chi connectivity index (χ0v) is 14.6. The van der Waals surface area contributed by atoms with Crippen molar-refractivity contribution in [2.24, 2.45) is 10.8 Å². The molecule has 1 amide bonds. The van der Waals surface area contributed by atoms with Crippen LogP contribution < -0.4 is 0 Å². The molecule has 4 heteroatoms. The molecule has 0 atom stereocenters. The first kappa shape index (κ1) is 16.3. The van der Waals surface area contributed by atoms with Crippen LogP contribution in [0.25, 0.3) is 0 Å². The molecule has 0 aromatic carbocycles. The van der Waals surface area contributed by atoms with Crippen molar-refractivity contribution in [1.29, 1.82) is 0 Å². The standard InChI is InChI=1S/C18H32N2O2/c1-15(2)22-14-18(4-5-18)12-19-9-6-17(7-10-19)8-11-20(13-17)16(3)21/h15H,4-14H2,1-3H3. The van der Waals surface area contributed by atoms with Crippen LogP contribution in [0, 0.1) is 10.8 Å². The van der Waals surface area contributed by atoms with Gasteiger partial charge in [-0.1, -0.05) is 0 Å². The molecule has 126 valence electrons. The van der Waals surface area contributed by atoms with E-state index >= 15 is 0 Å². The lowest BCUT2D eigenvalue weighted by atomic mass is 9.77. The number of ether oxygens (including phenoxy) is 1. The Labute approximate surface area is 135 Å². The molecule has 2 saturated heterocycles. The minimum atomic E-state index is 0.252. The van der Waals surface area contributed by atoms with Crippen molar-refractivity contribution in [3.8, 4) is 0 Å². The second kappa shape index (κ2) is 6.12. The van der Waals surface area contributed by atoms with Crippen molar-refractivity contribution in [2.75, 3.05) is 39.3 Å². The molecule has 0 radical (unpaired) electrons. The maximum atomic E-state index is 11.6. The molecular formula is C18H32N2O2. The van der Waals surface area contributed by atoms with Crippen LogP contribution in [-0.2, 0) is 9.53 Å². The minimum Gasteiger partial charge on any atom is -0.378 e. The van der Waals surface area contributed by atoms with Crippen LogP contribution in [0.2, 0.25) is 0 Å². The SMILES string of the molecule is CC(=O)N1CCC2(CCN(CC3(COC(C)C)CC3)CC2)C1. The van der Waals surface area contributed by atoms with E-state index in [1.807, 2.05) is 0 Å². The topological polar surface area (TPSA) is 32.8 Å². The van der Waals surface area contributed by atoms with Gasteiger partial charge in [0.2, 0.25) is 5.91 Å². The van der Waals surface area contributed by atoms with E-state index < -0.39 is 0 Å². The first-order valence-corrected chi connectivity index (χ1v) is 9.02. The summed E-state index contributed by atoms with van der Waals surface area (Å²) in [7, 11) is 0. The Hall–Kier alpha value is -0.610. The van der Waals surface area contributed by atoms with Gasteiger partial charge in [-0.2, -0.15) is 0 Å². The van der Waals surface area contributed by atoms with Crippen molar-refractivity contribution in [3.05, 3.63) is 0 Å². The van der Waals surface area contributed by atoms with Crippen LogP contribution in [0.5, 0.6) is 0 Å². The summed E-state index contributed by atoms with van der Waals surface area (Å²) in [6, 6.07) is 0. The van der Waals surface area contributed by atoms with Gasteiger partial charge < -0.3 is 14.5 Å². The van der Waals surface area contributed by atoms with Gasteiger partial charge in [-0.25, -0.2) is 0 Å². The number of carbonyl (C=O) groups excluding carboxylic acids is 1. The van der Waals surface area contributed by atoms with Crippen LogP contribution in [-0.4, -0.2) is 61.1 Å². The number of piperidine rings is 1. The zero-order chi connectivity index (χ0) is 15.8. The Morgan fingerprint density at radius 1 is 1.09 bits per heavy atom. The molecule has 2 heterocycles. The number of hydrogen-bond acceptors (Lipinski definition) is 3. The molecule has 1 saturated carbocycles. The Morgan fingerprint density at radius 3 is 2.23 bits per heavy atom. The van der Waals surface area contributed by atoms with Gasteiger partial charge in [0.25, 0.3) is 0 Å². The van der Waals surface area contributed by atoms with Gasteiger partial charge in [0, 0.05) is 32.0 Å². The van der Waals surface area contributed by atoms with Gasteiger partial charge in [0.1, 0.15) is 0 Å². The van der Waals surface area contributed by atoms with Crippen molar-refractivity contribution in [1.82, 2.24) is 9.80 Å². The van der Waals surface area contributed by atoms with Crippen LogP contribution in [0.3, 0.4) is 0 Å². The summed E-state index contributed by atoms with van der Waals surface area (Å²) < 4.78 is 5.87. The molecule has 0 bridgehead atoms. The summed E-state index contributed by atoms with van der Waals surface area (Å²) in [6.45, 7) is 12.5. The van der Waals surface area contributed by atoms with E-state index in [2.05, 4.69) is 23.6 Å². The van der Waals surface area contributed by atoms with Crippen molar-refractivity contribution < 1.29 is 9.53 Å². The molecule has 0 aromatic rings. The lowest BCUT2D eigenvalue weighted by Gasteiger charge is -2.40. The average molecular weight is 308 g/mol. The van der Waals surface area contributed by atoms with Crippen molar-refractivity contribution in [2.45, 2.75) is 59.0 Å². The number of amides is 1. The molecule has 4 nitrogen and oxygen atoms in total. The van der Waals surface area contributed by atoms with E-state index in [0.29, 0.717) is 16.9 Å². The van der Waals surface area contributed by atoms with Crippen LogP contribution in [0.1, 0.15) is 52.9 Å². The fourth-order valence-electron chi connectivity index (χ4n) is 4.14. The normalized spacial score (nSPS) is 26.8. The molecule has 3 fully saturated rings. The first-order valence-electron chi connectivity index (χ1n) is 9.02. The monoisotopic (exact) mass is 308 g/mol. The largest absolute Gasteiger partial charge is 0.378 e. The molecule has 3 rings (SSSR count). The number of nitrogens with zero attached hydrogens (tertiary/aromatic N) is 2. The van der Waals surface area contributed by atoms with Gasteiger partial charge in [-0.3, -0.25) is 4.79 Å². The zero-order valence-electron chi connectivity index (χ0n) is 14.6. The van der Waals surface area contributed by atoms with E-state index in [1.165, 1.54) is 51.7 Å².